The van der Waals surface area contributed by atoms with Crippen molar-refractivity contribution in [2.45, 2.75) is 70.1 Å². The van der Waals surface area contributed by atoms with E-state index in [1.54, 1.807) is 0 Å². The summed E-state index contributed by atoms with van der Waals surface area (Å²) in [5, 5.41) is 6.19. The minimum atomic E-state index is 0.0312. The number of amides is 2. The molecule has 2 N–H and O–H groups in total. The molecular weight excluding hydrogens is 228 g/mol. The van der Waals surface area contributed by atoms with Crippen molar-refractivity contribution in [2.24, 2.45) is 5.41 Å². The summed E-state index contributed by atoms with van der Waals surface area (Å²) in [5.74, 6) is 0. The lowest BCUT2D eigenvalue weighted by molar-refractivity contribution is -0.126. The molecule has 3 aliphatic carbocycles. The number of urea groups is 1. The zero-order valence-corrected chi connectivity index (χ0v) is 11.2. The number of rotatable bonds is 4. The summed E-state index contributed by atoms with van der Waals surface area (Å²) in [4.78, 5) is 11.8. The Morgan fingerprint density at radius 3 is 2.61 bits per heavy atom. The van der Waals surface area contributed by atoms with Crippen LogP contribution in [0.1, 0.15) is 51.9 Å². The number of carbonyl (C=O) groups excluding carboxylic acids is 1. The van der Waals surface area contributed by atoms with Crippen molar-refractivity contribution >= 4 is 6.03 Å². The second kappa shape index (κ2) is 4.72. The minimum absolute atomic E-state index is 0.0312. The molecule has 0 aliphatic heterocycles. The Kier molecular flexibility index (Phi) is 3.22. The Labute approximate surface area is 109 Å². The van der Waals surface area contributed by atoms with Gasteiger partial charge >= 0.3 is 6.03 Å². The number of ether oxygens (including phenoxy) is 1. The first-order valence-corrected chi connectivity index (χ1v) is 7.43. The van der Waals surface area contributed by atoms with E-state index in [0.29, 0.717) is 18.2 Å². The molecule has 2 atom stereocenters. The van der Waals surface area contributed by atoms with E-state index in [0.717, 1.165) is 25.9 Å². The molecule has 3 rings (SSSR count). The highest BCUT2D eigenvalue weighted by Gasteiger charge is 2.57. The molecule has 3 fully saturated rings. The summed E-state index contributed by atoms with van der Waals surface area (Å²) >= 11 is 0. The smallest absolute Gasteiger partial charge is 0.315 e. The molecule has 4 nitrogen and oxygen atoms in total. The molecule has 0 radical (unpaired) electrons. The molecule has 0 aromatic carbocycles. The van der Waals surface area contributed by atoms with Crippen LogP contribution in [-0.2, 0) is 4.74 Å². The van der Waals surface area contributed by atoms with Gasteiger partial charge in [-0.3, -0.25) is 0 Å². The summed E-state index contributed by atoms with van der Waals surface area (Å²) in [5.41, 5.74) is 0.247. The maximum absolute atomic E-state index is 11.8. The molecule has 2 unspecified atom stereocenters. The van der Waals surface area contributed by atoms with Gasteiger partial charge in [0.05, 0.1) is 6.10 Å². The van der Waals surface area contributed by atoms with Crippen LogP contribution in [0, 0.1) is 5.41 Å². The van der Waals surface area contributed by atoms with E-state index in [4.69, 9.17) is 4.74 Å². The summed E-state index contributed by atoms with van der Waals surface area (Å²) in [6.07, 6.45) is 8.65. The van der Waals surface area contributed by atoms with Gasteiger partial charge < -0.3 is 15.4 Å². The van der Waals surface area contributed by atoms with Crippen LogP contribution in [0.15, 0.2) is 0 Å². The highest BCUT2D eigenvalue weighted by molar-refractivity contribution is 5.75. The van der Waals surface area contributed by atoms with Crippen LogP contribution in [0.25, 0.3) is 0 Å². The molecule has 4 heteroatoms. The fourth-order valence-corrected chi connectivity index (χ4v) is 3.70. The predicted octanol–water partition coefficient (Wildman–Crippen LogP) is 2.19. The quantitative estimate of drug-likeness (QED) is 0.805. The summed E-state index contributed by atoms with van der Waals surface area (Å²) in [6.45, 7) is 2.84. The van der Waals surface area contributed by atoms with Gasteiger partial charge in [-0.25, -0.2) is 4.79 Å². The Hall–Kier alpha value is -0.770. The van der Waals surface area contributed by atoms with Gasteiger partial charge in [0.25, 0.3) is 0 Å². The fourth-order valence-electron chi connectivity index (χ4n) is 3.70. The largest absolute Gasteiger partial charge is 0.378 e. The molecule has 0 aromatic rings. The van der Waals surface area contributed by atoms with Crippen LogP contribution in [0.5, 0.6) is 0 Å². The SMILES string of the molecule is CCOC1CC(NC(=O)NC2CC2)C12CCCC2. The third-order valence-corrected chi connectivity index (χ3v) is 4.91. The van der Waals surface area contributed by atoms with Gasteiger partial charge in [0.15, 0.2) is 0 Å². The highest BCUT2D eigenvalue weighted by atomic mass is 16.5. The van der Waals surface area contributed by atoms with Crippen LogP contribution < -0.4 is 10.6 Å². The monoisotopic (exact) mass is 252 g/mol. The minimum Gasteiger partial charge on any atom is -0.378 e. The van der Waals surface area contributed by atoms with Gasteiger partial charge in [-0.15, -0.1) is 0 Å². The standard InChI is InChI=1S/C14H24N2O2/c1-2-18-12-9-11(14(12)7-3-4-8-14)16-13(17)15-10-5-6-10/h10-12H,2-9H2,1H3,(H2,15,16,17). The molecule has 0 aromatic heterocycles. The molecule has 0 heterocycles. The van der Waals surface area contributed by atoms with Gasteiger partial charge in [-0.1, -0.05) is 12.8 Å². The van der Waals surface area contributed by atoms with Crippen LogP contribution in [-0.4, -0.2) is 30.8 Å². The summed E-state index contributed by atoms with van der Waals surface area (Å²) in [6, 6.07) is 0.798. The highest BCUT2D eigenvalue weighted by Crippen LogP contribution is 2.54. The molecule has 18 heavy (non-hydrogen) atoms. The molecule has 3 saturated carbocycles. The van der Waals surface area contributed by atoms with Crippen molar-refractivity contribution < 1.29 is 9.53 Å². The number of hydrogen-bond donors (Lipinski definition) is 2. The second-order valence-electron chi connectivity index (χ2n) is 6.06. The van der Waals surface area contributed by atoms with E-state index in [2.05, 4.69) is 17.6 Å². The lowest BCUT2D eigenvalue weighted by Gasteiger charge is -2.53. The van der Waals surface area contributed by atoms with Gasteiger partial charge in [-0.2, -0.15) is 0 Å². The zero-order chi connectivity index (χ0) is 12.6. The van der Waals surface area contributed by atoms with E-state index in [9.17, 15) is 4.79 Å². The second-order valence-corrected chi connectivity index (χ2v) is 6.06. The Morgan fingerprint density at radius 1 is 1.28 bits per heavy atom. The van der Waals surface area contributed by atoms with Crippen molar-refractivity contribution in [1.29, 1.82) is 0 Å². The Morgan fingerprint density at radius 2 is 2.00 bits per heavy atom. The van der Waals surface area contributed by atoms with Crippen LogP contribution in [0.4, 0.5) is 4.79 Å². The fraction of sp³-hybridized carbons (Fsp3) is 0.929. The van der Waals surface area contributed by atoms with E-state index in [-0.39, 0.29) is 11.4 Å². The number of hydrogen-bond acceptors (Lipinski definition) is 2. The van der Waals surface area contributed by atoms with E-state index >= 15 is 0 Å². The molecule has 0 bridgehead atoms. The molecule has 0 saturated heterocycles. The van der Waals surface area contributed by atoms with Crippen molar-refractivity contribution in [3.8, 4) is 0 Å². The normalized spacial score (nSPS) is 33.2. The van der Waals surface area contributed by atoms with Gasteiger partial charge in [-0.05, 0) is 39.0 Å². The van der Waals surface area contributed by atoms with Crippen molar-refractivity contribution in [3.05, 3.63) is 0 Å². The van der Waals surface area contributed by atoms with Crippen LogP contribution >= 0.6 is 0 Å². The first-order valence-electron chi connectivity index (χ1n) is 7.43. The lowest BCUT2D eigenvalue weighted by Crippen LogP contribution is -2.64. The predicted molar refractivity (Wildman–Crippen MR) is 69.4 cm³/mol. The Balaban J connectivity index is 1.57. The van der Waals surface area contributed by atoms with E-state index < -0.39 is 0 Å². The average molecular weight is 252 g/mol. The molecule has 1 spiro atoms. The maximum Gasteiger partial charge on any atom is 0.315 e. The van der Waals surface area contributed by atoms with Gasteiger partial charge in [0, 0.05) is 24.1 Å². The van der Waals surface area contributed by atoms with Crippen LogP contribution in [0.3, 0.4) is 0 Å². The average Bonchev–Trinajstić information content (AvgIpc) is 2.98. The third-order valence-electron chi connectivity index (χ3n) is 4.91. The Bertz CT molecular complexity index is 322. The van der Waals surface area contributed by atoms with E-state index in [1.165, 1.54) is 25.7 Å². The van der Waals surface area contributed by atoms with Crippen molar-refractivity contribution in [3.63, 3.8) is 0 Å². The third kappa shape index (κ3) is 2.11. The van der Waals surface area contributed by atoms with Crippen LogP contribution in [0.2, 0.25) is 0 Å². The first-order chi connectivity index (χ1) is 8.74. The van der Waals surface area contributed by atoms with Crippen molar-refractivity contribution in [1.82, 2.24) is 10.6 Å². The van der Waals surface area contributed by atoms with Crippen molar-refractivity contribution in [2.75, 3.05) is 6.61 Å². The summed E-state index contributed by atoms with van der Waals surface area (Å²) < 4.78 is 5.85. The topological polar surface area (TPSA) is 50.4 Å². The molecule has 102 valence electrons. The zero-order valence-electron chi connectivity index (χ0n) is 11.2. The molecule has 2 amide bonds. The lowest BCUT2D eigenvalue weighted by atomic mass is 9.60. The van der Waals surface area contributed by atoms with Gasteiger partial charge in [0.1, 0.15) is 0 Å². The maximum atomic E-state index is 11.8. The molecular formula is C14H24N2O2. The molecule has 3 aliphatic rings. The summed E-state index contributed by atoms with van der Waals surface area (Å²) in [7, 11) is 0. The number of carbonyl (C=O) groups is 1. The number of nitrogens with one attached hydrogen (secondary N) is 2. The van der Waals surface area contributed by atoms with E-state index in [1.807, 2.05) is 0 Å². The van der Waals surface area contributed by atoms with Gasteiger partial charge in [0.2, 0.25) is 0 Å². The first kappa shape index (κ1) is 12.3.